The van der Waals surface area contributed by atoms with Gasteiger partial charge in [-0.2, -0.15) is 0 Å². The molecule has 1 aliphatic rings. The van der Waals surface area contributed by atoms with Gasteiger partial charge in [0.25, 0.3) is 0 Å². The Labute approximate surface area is 151 Å². The van der Waals surface area contributed by atoms with E-state index in [0.717, 1.165) is 26.9 Å². The number of aryl methyl sites for hydroxylation is 1. The molecule has 134 valence electrons. The normalized spacial score (nSPS) is 14.2. The molecule has 3 rings (SSSR count). The molecule has 2 aromatic rings. The minimum Gasteiger partial charge on any atom is -0.486 e. The summed E-state index contributed by atoms with van der Waals surface area (Å²) >= 11 is 1.58. The second-order valence-corrected chi connectivity index (χ2v) is 7.62. The van der Waals surface area contributed by atoms with Crippen LogP contribution < -0.4 is 20.1 Å². The SMILES string of the molecule is Cc1ncc(CNC(=O)NC(c2ccc3c(c2)OCCO3)C(C)C)s1. The van der Waals surface area contributed by atoms with Crippen LogP contribution in [0.15, 0.2) is 24.4 Å². The summed E-state index contributed by atoms with van der Waals surface area (Å²) in [6, 6.07) is 5.52. The fraction of sp³-hybridized carbons (Fsp3) is 0.444. The highest BCUT2D eigenvalue weighted by molar-refractivity contribution is 7.11. The molecule has 1 aliphatic heterocycles. The Morgan fingerprint density at radius 1 is 1.28 bits per heavy atom. The third-order valence-electron chi connectivity index (χ3n) is 3.97. The van der Waals surface area contributed by atoms with Crippen molar-refractivity contribution in [3.05, 3.63) is 39.8 Å². The lowest BCUT2D eigenvalue weighted by Gasteiger charge is -2.25. The van der Waals surface area contributed by atoms with E-state index in [1.807, 2.05) is 25.1 Å². The molecule has 6 nitrogen and oxygen atoms in total. The van der Waals surface area contributed by atoms with Gasteiger partial charge < -0.3 is 20.1 Å². The van der Waals surface area contributed by atoms with Crippen LogP contribution in [0, 0.1) is 12.8 Å². The van der Waals surface area contributed by atoms with Crippen molar-refractivity contribution in [2.45, 2.75) is 33.4 Å². The van der Waals surface area contributed by atoms with Gasteiger partial charge in [0.1, 0.15) is 13.2 Å². The van der Waals surface area contributed by atoms with Crippen LogP contribution in [0.5, 0.6) is 11.5 Å². The van der Waals surface area contributed by atoms with Crippen molar-refractivity contribution in [3.63, 3.8) is 0 Å². The van der Waals surface area contributed by atoms with Crippen LogP contribution in [0.3, 0.4) is 0 Å². The maximum atomic E-state index is 12.3. The first-order valence-electron chi connectivity index (χ1n) is 8.38. The van der Waals surface area contributed by atoms with Gasteiger partial charge in [0.05, 0.1) is 17.6 Å². The molecule has 0 fully saturated rings. The maximum Gasteiger partial charge on any atom is 0.315 e. The van der Waals surface area contributed by atoms with E-state index in [4.69, 9.17) is 9.47 Å². The predicted molar refractivity (Wildman–Crippen MR) is 97.2 cm³/mol. The van der Waals surface area contributed by atoms with Crippen molar-refractivity contribution < 1.29 is 14.3 Å². The number of hydrogen-bond donors (Lipinski definition) is 2. The number of carbonyl (C=O) groups excluding carboxylic acids is 1. The molecule has 0 aliphatic carbocycles. The summed E-state index contributed by atoms with van der Waals surface area (Å²) in [5, 5.41) is 6.94. The van der Waals surface area contributed by atoms with Gasteiger partial charge in [-0.15, -0.1) is 11.3 Å². The quantitative estimate of drug-likeness (QED) is 0.856. The van der Waals surface area contributed by atoms with E-state index in [2.05, 4.69) is 29.5 Å². The lowest BCUT2D eigenvalue weighted by Crippen LogP contribution is -2.39. The molecule has 25 heavy (non-hydrogen) atoms. The molecule has 0 bridgehead atoms. The minimum atomic E-state index is -0.195. The predicted octanol–water partition coefficient (Wildman–Crippen LogP) is 3.42. The van der Waals surface area contributed by atoms with Crippen molar-refractivity contribution in [3.8, 4) is 11.5 Å². The Morgan fingerprint density at radius 3 is 2.72 bits per heavy atom. The van der Waals surface area contributed by atoms with E-state index < -0.39 is 0 Å². The van der Waals surface area contributed by atoms with Gasteiger partial charge in [0.15, 0.2) is 11.5 Å². The van der Waals surface area contributed by atoms with Gasteiger partial charge in [-0.05, 0) is 30.5 Å². The van der Waals surface area contributed by atoms with Crippen LogP contribution in [0.2, 0.25) is 0 Å². The summed E-state index contributed by atoms with van der Waals surface area (Å²) in [6.45, 7) is 7.69. The molecule has 2 heterocycles. The number of urea groups is 1. The molecule has 1 aromatic carbocycles. The maximum absolute atomic E-state index is 12.3. The molecule has 1 atom stereocenters. The fourth-order valence-electron chi connectivity index (χ4n) is 2.74. The molecule has 0 saturated carbocycles. The summed E-state index contributed by atoms with van der Waals surface area (Å²) in [5.74, 6) is 1.72. The topological polar surface area (TPSA) is 72.5 Å². The zero-order chi connectivity index (χ0) is 17.8. The van der Waals surface area contributed by atoms with Crippen molar-refractivity contribution in [2.75, 3.05) is 13.2 Å². The van der Waals surface area contributed by atoms with E-state index in [-0.39, 0.29) is 18.0 Å². The molecular weight excluding hydrogens is 338 g/mol. The second-order valence-electron chi connectivity index (χ2n) is 6.30. The van der Waals surface area contributed by atoms with Crippen LogP contribution >= 0.6 is 11.3 Å². The molecule has 0 spiro atoms. The smallest absolute Gasteiger partial charge is 0.315 e. The van der Waals surface area contributed by atoms with Crippen molar-refractivity contribution in [2.24, 2.45) is 5.92 Å². The second kappa shape index (κ2) is 7.74. The van der Waals surface area contributed by atoms with Gasteiger partial charge in [0.2, 0.25) is 0 Å². The Bertz CT molecular complexity index is 745. The van der Waals surface area contributed by atoms with E-state index in [1.54, 1.807) is 17.5 Å². The molecule has 0 radical (unpaired) electrons. The molecular formula is C18H23N3O3S. The van der Waals surface area contributed by atoms with Crippen LogP contribution in [0.4, 0.5) is 4.79 Å². The number of carbonyl (C=O) groups is 1. The summed E-state index contributed by atoms with van der Waals surface area (Å²) in [5.41, 5.74) is 1.00. The molecule has 2 N–H and O–H groups in total. The monoisotopic (exact) mass is 361 g/mol. The molecule has 0 saturated heterocycles. The van der Waals surface area contributed by atoms with E-state index in [0.29, 0.717) is 19.8 Å². The summed E-state index contributed by atoms with van der Waals surface area (Å²) in [4.78, 5) is 17.5. The van der Waals surface area contributed by atoms with Crippen LogP contribution in [0.1, 0.15) is 35.3 Å². The van der Waals surface area contributed by atoms with Gasteiger partial charge >= 0.3 is 6.03 Å². The summed E-state index contributed by atoms with van der Waals surface area (Å²) in [6.07, 6.45) is 1.79. The number of nitrogens with one attached hydrogen (secondary N) is 2. The Morgan fingerprint density at radius 2 is 2.04 bits per heavy atom. The van der Waals surface area contributed by atoms with Crippen LogP contribution in [0.25, 0.3) is 0 Å². The Hall–Kier alpha value is -2.28. The van der Waals surface area contributed by atoms with E-state index in [1.165, 1.54) is 0 Å². The number of amides is 2. The van der Waals surface area contributed by atoms with E-state index in [9.17, 15) is 4.79 Å². The first-order valence-corrected chi connectivity index (χ1v) is 9.20. The number of thiazole rings is 1. The largest absolute Gasteiger partial charge is 0.486 e. The number of nitrogens with zero attached hydrogens (tertiary/aromatic N) is 1. The minimum absolute atomic E-state index is 0.112. The molecule has 1 aromatic heterocycles. The van der Waals surface area contributed by atoms with Gasteiger partial charge in [0, 0.05) is 11.1 Å². The number of rotatable bonds is 5. The first kappa shape index (κ1) is 17.5. The number of aromatic nitrogens is 1. The first-order chi connectivity index (χ1) is 12.0. The number of fused-ring (bicyclic) bond motifs is 1. The fourth-order valence-corrected chi connectivity index (χ4v) is 3.47. The standard InChI is InChI=1S/C18H23N3O3S/c1-11(2)17(13-4-5-15-16(8-13)24-7-6-23-15)21-18(22)20-10-14-9-19-12(3)25-14/h4-5,8-9,11,17H,6-7,10H2,1-3H3,(H2,20,21,22). The Kier molecular flexibility index (Phi) is 5.43. The Balaban J connectivity index is 1.65. The van der Waals surface area contributed by atoms with Crippen molar-refractivity contribution in [1.82, 2.24) is 15.6 Å². The lowest BCUT2D eigenvalue weighted by molar-refractivity contribution is 0.171. The van der Waals surface area contributed by atoms with E-state index >= 15 is 0 Å². The van der Waals surface area contributed by atoms with Crippen molar-refractivity contribution in [1.29, 1.82) is 0 Å². The zero-order valence-corrected chi connectivity index (χ0v) is 15.5. The van der Waals surface area contributed by atoms with Crippen LogP contribution in [-0.2, 0) is 6.54 Å². The van der Waals surface area contributed by atoms with Gasteiger partial charge in [-0.1, -0.05) is 19.9 Å². The average Bonchev–Trinajstić information content (AvgIpc) is 3.02. The highest BCUT2D eigenvalue weighted by Crippen LogP contribution is 2.34. The third kappa shape index (κ3) is 4.42. The highest BCUT2D eigenvalue weighted by Gasteiger charge is 2.21. The number of hydrogen-bond acceptors (Lipinski definition) is 5. The molecule has 7 heteroatoms. The van der Waals surface area contributed by atoms with Gasteiger partial charge in [-0.3, -0.25) is 0 Å². The lowest BCUT2D eigenvalue weighted by atomic mass is 9.95. The molecule has 2 amide bonds. The van der Waals surface area contributed by atoms with Gasteiger partial charge in [-0.25, -0.2) is 9.78 Å². The molecule has 1 unspecified atom stereocenters. The average molecular weight is 361 g/mol. The summed E-state index contributed by atoms with van der Waals surface area (Å²) in [7, 11) is 0. The highest BCUT2D eigenvalue weighted by atomic mass is 32.1. The third-order valence-corrected chi connectivity index (χ3v) is 4.88. The summed E-state index contributed by atoms with van der Waals surface area (Å²) < 4.78 is 11.2. The zero-order valence-electron chi connectivity index (χ0n) is 14.7. The van der Waals surface area contributed by atoms with Crippen molar-refractivity contribution >= 4 is 17.4 Å². The number of benzene rings is 1. The van der Waals surface area contributed by atoms with Crippen LogP contribution in [-0.4, -0.2) is 24.2 Å². The number of ether oxygens (including phenoxy) is 2.